The molecule has 4 aromatic rings. The average molecular weight is 498 g/mol. The second-order valence-corrected chi connectivity index (χ2v) is 10.4. The van der Waals surface area contributed by atoms with Crippen LogP contribution in [0.3, 0.4) is 0 Å². The van der Waals surface area contributed by atoms with Crippen LogP contribution in [-0.2, 0) is 17.6 Å². The van der Waals surface area contributed by atoms with Gasteiger partial charge in [-0.2, -0.15) is 5.10 Å². The van der Waals surface area contributed by atoms with Gasteiger partial charge in [0.15, 0.2) is 0 Å². The molecule has 1 amide bonds. The third kappa shape index (κ3) is 4.35. The summed E-state index contributed by atoms with van der Waals surface area (Å²) in [5.41, 5.74) is 2.98. The molecule has 1 atom stereocenters. The lowest BCUT2D eigenvalue weighted by Crippen LogP contribution is -2.41. The molecule has 0 saturated heterocycles. The molecular formula is C24H28ClN7OS. The fourth-order valence-corrected chi connectivity index (χ4v) is 6.04. The van der Waals surface area contributed by atoms with Crippen LogP contribution in [0.25, 0.3) is 15.7 Å². The molecule has 0 aromatic carbocycles. The quantitative estimate of drug-likeness (QED) is 0.411. The fourth-order valence-electron chi connectivity index (χ4n) is 4.58. The summed E-state index contributed by atoms with van der Waals surface area (Å²) in [4.78, 5) is 28.6. The van der Waals surface area contributed by atoms with E-state index in [1.165, 1.54) is 10.4 Å². The molecule has 0 saturated carbocycles. The van der Waals surface area contributed by atoms with Crippen molar-refractivity contribution < 1.29 is 4.79 Å². The Morgan fingerprint density at radius 2 is 2.18 bits per heavy atom. The minimum Gasteiger partial charge on any atom is -0.341 e. The number of rotatable bonds is 7. The zero-order chi connectivity index (χ0) is 23.8. The van der Waals surface area contributed by atoms with Crippen LogP contribution in [0.4, 0.5) is 11.5 Å². The highest BCUT2D eigenvalue weighted by Crippen LogP contribution is 2.41. The molecule has 4 aromatic heterocycles. The number of halogens is 1. The fraction of sp³-hybridized carbons (Fsp3) is 0.417. The highest BCUT2D eigenvalue weighted by molar-refractivity contribution is 7.19. The molecule has 178 valence electrons. The van der Waals surface area contributed by atoms with Gasteiger partial charge in [-0.1, -0.05) is 11.6 Å². The van der Waals surface area contributed by atoms with E-state index in [0.29, 0.717) is 5.02 Å². The van der Waals surface area contributed by atoms with Gasteiger partial charge in [0.05, 0.1) is 21.6 Å². The molecule has 8 nitrogen and oxygen atoms in total. The van der Waals surface area contributed by atoms with Gasteiger partial charge >= 0.3 is 0 Å². The summed E-state index contributed by atoms with van der Waals surface area (Å²) in [7, 11) is 4.08. The summed E-state index contributed by atoms with van der Waals surface area (Å²) in [6, 6.07) is 3.89. The van der Waals surface area contributed by atoms with Crippen molar-refractivity contribution in [3.8, 4) is 0 Å². The highest BCUT2D eigenvalue weighted by Gasteiger charge is 2.31. The van der Waals surface area contributed by atoms with Gasteiger partial charge in [-0.3, -0.25) is 4.79 Å². The number of nitrogens with zero attached hydrogens (tertiary/aromatic N) is 6. The van der Waals surface area contributed by atoms with Gasteiger partial charge in [0.25, 0.3) is 0 Å². The number of carbonyl (C=O) groups excluding carboxylic acids is 1. The van der Waals surface area contributed by atoms with Crippen LogP contribution in [0, 0.1) is 5.92 Å². The lowest BCUT2D eigenvalue weighted by Gasteiger charge is -2.29. The first-order valence-electron chi connectivity index (χ1n) is 11.5. The maximum absolute atomic E-state index is 13.2. The summed E-state index contributed by atoms with van der Waals surface area (Å²) in [6.07, 6.45) is 7.55. The van der Waals surface area contributed by atoms with E-state index in [9.17, 15) is 4.79 Å². The molecule has 1 aliphatic carbocycles. The Kier molecular flexibility index (Phi) is 6.42. The number of likely N-dealkylation sites (N-methyl/N-ethyl adjacent to an activating group) is 2. The van der Waals surface area contributed by atoms with Crippen molar-refractivity contribution in [2.45, 2.75) is 26.2 Å². The van der Waals surface area contributed by atoms with E-state index in [-0.39, 0.29) is 11.8 Å². The van der Waals surface area contributed by atoms with Gasteiger partial charge in [-0.05, 0) is 58.0 Å². The van der Waals surface area contributed by atoms with Crippen LogP contribution in [-0.4, -0.2) is 69.0 Å². The summed E-state index contributed by atoms with van der Waals surface area (Å²) in [5, 5.41) is 9.26. The molecule has 0 fully saturated rings. The number of pyridine rings is 1. The zero-order valence-corrected chi connectivity index (χ0v) is 21.2. The second-order valence-electron chi connectivity index (χ2n) is 8.93. The van der Waals surface area contributed by atoms with Gasteiger partial charge < -0.3 is 15.1 Å². The first-order chi connectivity index (χ1) is 16.4. The third-order valence-electron chi connectivity index (χ3n) is 6.44. The lowest BCUT2D eigenvalue weighted by molar-refractivity contribution is -0.135. The minimum absolute atomic E-state index is 0.0192. The summed E-state index contributed by atoms with van der Waals surface area (Å²) in [6.45, 7) is 4.43. The van der Waals surface area contributed by atoms with Crippen molar-refractivity contribution in [3.63, 3.8) is 0 Å². The van der Waals surface area contributed by atoms with Crippen LogP contribution < -0.4 is 5.32 Å². The number of aryl methyl sites for hydroxylation is 1. The molecule has 0 aliphatic heterocycles. The molecule has 0 radical (unpaired) electrons. The third-order valence-corrected chi connectivity index (χ3v) is 7.91. The Morgan fingerprint density at radius 3 is 2.97 bits per heavy atom. The Hall–Kier alpha value is -2.75. The van der Waals surface area contributed by atoms with E-state index >= 15 is 0 Å². The number of anilines is 2. The normalized spacial score (nSPS) is 15.7. The lowest BCUT2D eigenvalue weighted by atomic mass is 9.87. The summed E-state index contributed by atoms with van der Waals surface area (Å²) >= 11 is 8.19. The van der Waals surface area contributed by atoms with Crippen LogP contribution >= 0.6 is 22.9 Å². The monoisotopic (exact) mass is 497 g/mol. The number of nitrogens with one attached hydrogen (secondary N) is 1. The molecule has 0 unspecified atom stereocenters. The van der Waals surface area contributed by atoms with E-state index in [1.807, 2.05) is 31.1 Å². The SMILES string of the molecule is CCN(CCN(C)C)C(=O)[C@H]1CCc2c(sc3ncnc(Nc4cc5ccnn5cc4Cl)c23)C1. The number of hydrogen-bond acceptors (Lipinski definition) is 7. The van der Waals surface area contributed by atoms with E-state index in [1.54, 1.807) is 34.6 Å². The standard InChI is InChI=1S/C24H28ClN7OS/c1-4-31(10-9-30(2)3)24(33)15-5-6-17-20(11-15)34-23-21(17)22(26-14-27-23)29-19-12-16-7-8-28-32(16)13-18(19)25/h7-8,12-15H,4-6,9-11H2,1-3H3,(H,26,27,29)/t15-/m0/s1. The largest absolute Gasteiger partial charge is 0.341 e. The van der Waals surface area contributed by atoms with Gasteiger partial charge in [0, 0.05) is 42.8 Å². The topological polar surface area (TPSA) is 78.7 Å². The number of hydrogen-bond donors (Lipinski definition) is 1. The van der Waals surface area contributed by atoms with Gasteiger partial charge in [-0.25, -0.2) is 14.5 Å². The molecule has 5 rings (SSSR count). The Morgan fingerprint density at radius 1 is 1.32 bits per heavy atom. The molecule has 1 N–H and O–H groups in total. The predicted molar refractivity (Wildman–Crippen MR) is 137 cm³/mol. The maximum Gasteiger partial charge on any atom is 0.226 e. The molecule has 10 heteroatoms. The first-order valence-corrected chi connectivity index (χ1v) is 12.7. The summed E-state index contributed by atoms with van der Waals surface area (Å²) in [5.74, 6) is 1.03. The summed E-state index contributed by atoms with van der Waals surface area (Å²) < 4.78 is 1.74. The van der Waals surface area contributed by atoms with Crippen LogP contribution in [0.5, 0.6) is 0 Å². The van der Waals surface area contributed by atoms with Crippen molar-refractivity contribution >= 4 is 56.1 Å². The van der Waals surface area contributed by atoms with Crippen molar-refractivity contribution in [2.75, 3.05) is 39.0 Å². The van der Waals surface area contributed by atoms with Gasteiger partial charge in [-0.15, -0.1) is 11.3 Å². The average Bonchev–Trinajstić information content (AvgIpc) is 3.43. The van der Waals surface area contributed by atoms with Crippen LogP contribution in [0.2, 0.25) is 5.02 Å². The first kappa shape index (κ1) is 23.0. The van der Waals surface area contributed by atoms with E-state index in [4.69, 9.17) is 11.6 Å². The van der Waals surface area contributed by atoms with E-state index in [2.05, 4.69) is 32.2 Å². The van der Waals surface area contributed by atoms with Crippen molar-refractivity contribution in [1.29, 1.82) is 0 Å². The molecular weight excluding hydrogens is 470 g/mol. The molecule has 1 aliphatic rings. The zero-order valence-electron chi connectivity index (χ0n) is 19.6. The number of aromatic nitrogens is 4. The second kappa shape index (κ2) is 9.48. The number of thiophene rings is 1. The Bertz CT molecular complexity index is 1350. The highest BCUT2D eigenvalue weighted by atomic mass is 35.5. The van der Waals surface area contributed by atoms with E-state index < -0.39 is 0 Å². The van der Waals surface area contributed by atoms with Crippen LogP contribution in [0.15, 0.2) is 30.9 Å². The van der Waals surface area contributed by atoms with Crippen molar-refractivity contribution in [3.05, 3.63) is 46.3 Å². The number of fused-ring (bicyclic) bond motifs is 4. The molecule has 4 heterocycles. The van der Waals surface area contributed by atoms with Gasteiger partial charge in [0.1, 0.15) is 17.0 Å². The Labute approximate surface area is 207 Å². The van der Waals surface area contributed by atoms with Crippen LogP contribution in [0.1, 0.15) is 23.8 Å². The smallest absolute Gasteiger partial charge is 0.226 e. The molecule has 0 bridgehead atoms. The van der Waals surface area contributed by atoms with Crippen molar-refractivity contribution in [1.82, 2.24) is 29.4 Å². The Balaban J connectivity index is 1.42. The minimum atomic E-state index is 0.0192. The van der Waals surface area contributed by atoms with E-state index in [0.717, 1.165) is 66.1 Å². The van der Waals surface area contributed by atoms with Gasteiger partial charge in [0.2, 0.25) is 5.91 Å². The molecule has 34 heavy (non-hydrogen) atoms. The maximum atomic E-state index is 13.2. The predicted octanol–water partition coefficient (Wildman–Crippen LogP) is 4.25. The molecule has 0 spiro atoms. The number of carbonyl (C=O) groups is 1. The van der Waals surface area contributed by atoms with Crippen molar-refractivity contribution in [2.24, 2.45) is 5.92 Å². The number of amides is 1.